The summed E-state index contributed by atoms with van der Waals surface area (Å²) < 4.78 is 38.7. The highest BCUT2D eigenvalue weighted by Gasteiger charge is 2.39. The standard InChI is InChI=1S/C16H22F2N2O4/c1-4-23-15(22)14-11-7-16(17,18)6-5-12(11)20(19-14)8-13(21)24-9-10(2)3/h10H,4-9H2,1-3H3. The monoisotopic (exact) mass is 344 g/mol. The van der Waals surface area contributed by atoms with Crippen LogP contribution in [0.5, 0.6) is 0 Å². The van der Waals surface area contributed by atoms with E-state index in [9.17, 15) is 18.4 Å². The van der Waals surface area contributed by atoms with Crippen LogP contribution in [-0.2, 0) is 33.7 Å². The smallest absolute Gasteiger partial charge is 0.359 e. The van der Waals surface area contributed by atoms with Gasteiger partial charge in [0, 0.05) is 24.1 Å². The summed E-state index contributed by atoms with van der Waals surface area (Å²) in [5.41, 5.74) is 0.509. The predicted octanol–water partition coefficient (Wildman–Crippen LogP) is 2.38. The van der Waals surface area contributed by atoms with Crippen molar-refractivity contribution in [2.24, 2.45) is 5.92 Å². The van der Waals surface area contributed by atoms with Gasteiger partial charge in [0.05, 0.1) is 13.2 Å². The number of ether oxygens (including phenoxy) is 2. The minimum atomic E-state index is -2.89. The number of nitrogens with zero attached hydrogens (tertiary/aromatic N) is 2. The van der Waals surface area contributed by atoms with E-state index in [4.69, 9.17) is 9.47 Å². The Morgan fingerprint density at radius 1 is 1.33 bits per heavy atom. The van der Waals surface area contributed by atoms with Crippen LogP contribution in [-0.4, -0.2) is 40.9 Å². The number of aromatic nitrogens is 2. The molecule has 0 aliphatic heterocycles. The molecule has 1 aromatic rings. The van der Waals surface area contributed by atoms with Crippen molar-refractivity contribution in [1.82, 2.24) is 9.78 Å². The Hall–Kier alpha value is -1.99. The Morgan fingerprint density at radius 2 is 2.04 bits per heavy atom. The molecule has 2 rings (SSSR count). The van der Waals surface area contributed by atoms with Gasteiger partial charge in [0.15, 0.2) is 5.69 Å². The quantitative estimate of drug-likeness (QED) is 0.741. The SMILES string of the molecule is CCOC(=O)c1nn(CC(=O)OCC(C)C)c2c1CC(F)(F)CC2. The van der Waals surface area contributed by atoms with E-state index in [0.717, 1.165) is 0 Å². The first-order valence-electron chi connectivity index (χ1n) is 8.02. The van der Waals surface area contributed by atoms with Gasteiger partial charge in [-0.05, 0) is 19.3 Å². The number of fused-ring (bicyclic) bond motifs is 1. The van der Waals surface area contributed by atoms with E-state index in [-0.39, 0.29) is 49.8 Å². The molecule has 0 N–H and O–H groups in total. The first kappa shape index (κ1) is 18.4. The minimum absolute atomic E-state index is 0.0478. The van der Waals surface area contributed by atoms with Crippen LogP contribution in [0.3, 0.4) is 0 Å². The van der Waals surface area contributed by atoms with Crippen molar-refractivity contribution in [3.8, 4) is 0 Å². The molecule has 0 unspecified atom stereocenters. The average molecular weight is 344 g/mol. The van der Waals surface area contributed by atoms with Gasteiger partial charge >= 0.3 is 11.9 Å². The van der Waals surface area contributed by atoms with E-state index in [2.05, 4.69) is 5.10 Å². The first-order chi connectivity index (χ1) is 11.2. The van der Waals surface area contributed by atoms with Gasteiger partial charge in [-0.3, -0.25) is 9.48 Å². The van der Waals surface area contributed by atoms with Gasteiger partial charge in [-0.15, -0.1) is 0 Å². The molecule has 1 aliphatic carbocycles. The Morgan fingerprint density at radius 3 is 2.67 bits per heavy atom. The van der Waals surface area contributed by atoms with Crippen LogP contribution in [0.1, 0.15) is 48.9 Å². The van der Waals surface area contributed by atoms with E-state index in [1.165, 1.54) is 4.68 Å². The molecule has 0 atom stereocenters. The maximum atomic E-state index is 13.7. The summed E-state index contributed by atoms with van der Waals surface area (Å²) in [7, 11) is 0. The molecule has 134 valence electrons. The third-order valence-electron chi connectivity index (χ3n) is 3.65. The number of esters is 2. The third-order valence-corrected chi connectivity index (χ3v) is 3.65. The number of hydrogen-bond donors (Lipinski definition) is 0. The maximum absolute atomic E-state index is 13.7. The van der Waals surface area contributed by atoms with Gasteiger partial charge in [-0.2, -0.15) is 5.10 Å². The lowest BCUT2D eigenvalue weighted by molar-refractivity contribution is -0.145. The molecule has 0 bridgehead atoms. The molecule has 6 nitrogen and oxygen atoms in total. The normalized spacial score (nSPS) is 15.9. The summed E-state index contributed by atoms with van der Waals surface area (Å²) in [6.07, 6.45) is -0.862. The van der Waals surface area contributed by atoms with Crippen LogP contribution < -0.4 is 0 Å². The van der Waals surface area contributed by atoms with Gasteiger partial charge in [0.2, 0.25) is 0 Å². The summed E-state index contributed by atoms with van der Waals surface area (Å²) >= 11 is 0. The van der Waals surface area contributed by atoms with Crippen LogP contribution in [0.2, 0.25) is 0 Å². The summed E-state index contributed by atoms with van der Waals surface area (Å²) in [6.45, 7) is 5.62. The molecular weight excluding hydrogens is 322 g/mol. The second kappa shape index (κ2) is 7.27. The van der Waals surface area contributed by atoms with E-state index in [1.807, 2.05) is 13.8 Å². The van der Waals surface area contributed by atoms with Crippen LogP contribution in [0.15, 0.2) is 0 Å². The minimum Gasteiger partial charge on any atom is -0.464 e. The predicted molar refractivity (Wildman–Crippen MR) is 81.0 cm³/mol. The van der Waals surface area contributed by atoms with Gasteiger partial charge in [-0.25, -0.2) is 13.6 Å². The topological polar surface area (TPSA) is 70.4 Å². The van der Waals surface area contributed by atoms with Crippen LogP contribution >= 0.6 is 0 Å². The van der Waals surface area contributed by atoms with E-state index in [1.54, 1.807) is 6.92 Å². The molecule has 0 saturated carbocycles. The zero-order valence-corrected chi connectivity index (χ0v) is 14.1. The van der Waals surface area contributed by atoms with Crippen LogP contribution in [0.4, 0.5) is 8.78 Å². The fourth-order valence-corrected chi connectivity index (χ4v) is 2.57. The zero-order valence-electron chi connectivity index (χ0n) is 14.1. The van der Waals surface area contributed by atoms with Crippen molar-refractivity contribution < 1.29 is 27.8 Å². The lowest BCUT2D eigenvalue weighted by atomic mass is 9.92. The molecule has 0 amide bonds. The van der Waals surface area contributed by atoms with E-state index >= 15 is 0 Å². The molecule has 8 heteroatoms. The second-order valence-electron chi connectivity index (χ2n) is 6.26. The number of carbonyl (C=O) groups excluding carboxylic acids is 2. The number of carbonyl (C=O) groups is 2. The fourth-order valence-electron chi connectivity index (χ4n) is 2.57. The van der Waals surface area contributed by atoms with Crippen molar-refractivity contribution in [2.45, 2.75) is 52.5 Å². The molecule has 0 saturated heterocycles. The first-order valence-corrected chi connectivity index (χ1v) is 8.02. The lowest BCUT2D eigenvalue weighted by Gasteiger charge is -2.22. The Balaban J connectivity index is 2.26. The fraction of sp³-hybridized carbons (Fsp3) is 0.688. The lowest BCUT2D eigenvalue weighted by Crippen LogP contribution is -2.28. The Labute approximate surface area is 139 Å². The Bertz CT molecular complexity index is 626. The Kier molecular flexibility index (Phi) is 5.56. The van der Waals surface area contributed by atoms with Crippen LogP contribution in [0, 0.1) is 5.92 Å². The maximum Gasteiger partial charge on any atom is 0.359 e. The summed E-state index contributed by atoms with van der Waals surface area (Å²) in [5, 5.41) is 4.05. The van der Waals surface area contributed by atoms with Gasteiger partial charge in [0.25, 0.3) is 5.92 Å². The number of halogens is 2. The summed E-state index contributed by atoms with van der Waals surface area (Å²) in [4.78, 5) is 23.9. The third kappa shape index (κ3) is 4.30. The molecular formula is C16H22F2N2O4. The summed E-state index contributed by atoms with van der Waals surface area (Å²) in [5.74, 6) is -3.96. The highest BCUT2D eigenvalue weighted by Crippen LogP contribution is 2.35. The van der Waals surface area contributed by atoms with Gasteiger partial charge in [-0.1, -0.05) is 13.8 Å². The van der Waals surface area contributed by atoms with Gasteiger partial charge in [0.1, 0.15) is 6.54 Å². The summed E-state index contributed by atoms with van der Waals surface area (Å²) in [6, 6.07) is 0. The molecule has 1 heterocycles. The molecule has 0 spiro atoms. The largest absolute Gasteiger partial charge is 0.464 e. The molecule has 0 radical (unpaired) electrons. The van der Waals surface area contributed by atoms with Crippen LogP contribution in [0.25, 0.3) is 0 Å². The average Bonchev–Trinajstić information content (AvgIpc) is 2.82. The zero-order chi connectivity index (χ0) is 17.9. The molecule has 0 aromatic carbocycles. The van der Waals surface area contributed by atoms with E-state index in [0.29, 0.717) is 5.69 Å². The number of rotatable bonds is 6. The molecule has 24 heavy (non-hydrogen) atoms. The number of alkyl halides is 2. The molecule has 1 aliphatic rings. The van der Waals surface area contributed by atoms with Crippen molar-refractivity contribution in [3.05, 3.63) is 17.0 Å². The van der Waals surface area contributed by atoms with Crippen molar-refractivity contribution in [2.75, 3.05) is 13.2 Å². The van der Waals surface area contributed by atoms with Crippen molar-refractivity contribution in [1.29, 1.82) is 0 Å². The molecule has 1 aromatic heterocycles. The molecule has 0 fully saturated rings. The van der Waals surface area contributed by atoms with Crippen molar-refractivity contribution in [3.63, 3.8) is 0 Å². The van der Waals surface area contributed by atoms with E-state index < -0.39 is 24.3 Å². The highest BCUT2D eigenvalue weighted by atomic mass is 19.3. The van der Waals surface area contributed by atoms with Crippen molar-refractivity contribution >= 4 is 11.9 Å². The number of hydrogen-bond acceptors (Lipinski definition) is 5. The highest BCUT2D eigenvalue weighted by molar-refractivity contribution is 5.89. The van der Waals surface area contributed by atoms with Gasteiger partial charge < -0.3 is 9.47 Å². The second-order valence-corrected chi connectivity index (χ2v) is 6.26.